The van der Waals surface area contributed by atoms with Crippen LogP contribution >= 0.6 is 11.6 Å². The van der Waals surface area contributed by atoms with Gasteiger partial charge in [-0.2, -0.15) is 0 Å². The van der Waals surface area contributed by atoms with E-state index in [1.165, 1.54) is 0 Å². The molecule has 1 N–H and O–H groups in total. The summed E-state index contributed by atoms with van der Waals surface area (Å²) in [5, 5.41) is 10.2. The third-order valence-electron chi connectivity index (χ3n) is 4.74. The molecule has 0 aliphatic heterocycles. The predicted octanol–water partition coefficient (Wildman–Crippen LogP) is 4.98. The minimum atomic E-state index is 0.227. The fraction of sp³-hybridized carbons (Fsp3) is 0.273. The number of para-hydroxylation sites is 1. The first kappa shape index (κ1) is 20.1. The number of phenolic OH excluding ortho intramolecular Hbond substituents is 1. The molecule has 5 nitrogen and oxygen atoms in total. The van der Waals surface area contributed by atoms with Gasteiger partial charge in [-0.05, 0) is 49.5 Å². The lowest BCUT2D eigenvalue weighted by Gasteiger charge is -2.28. The van der Waals surface area contributed by atoms with Gasteiger partial charge in [0.1, 0.15) is 5.75 Å². The molecule has 0 atom stereocenters. The molecule has 2 aromatic carbocycles. The van der Waals surface area contributed by atoms with E-state index in [9.17, 15) is 5.11 Å². The molecule has 0 aliphatic carbocycles. The van der Waals surface area contributed by atoms with Crippen molar-refractivity contribution in [3.8, 4) is 17.0 Å². The maximum atomic E-state index is 9.53. The number of rotatable bonds is 8. The summed E-state index contributed by atoms with van der Waals surface area (Å²) in [7, 11) is 0. The SMILES string of the molecule is CCN(CC)CCN(c1cncc(-c2ccc(O)cc2)n1)c1ccccc1Cl. The minimum absolute atomic E-state index is 0.227. The van der Waals surface area contributed by atoms with Gasteiger partial charge in [0.05, 0.1) is 28.8 Å². The van der Waals surface area contributed by atoms with E-state index < -0.39 is 0 Å². The summed E-state index contributed by atoms with van der Waals surface area (Å²) in [4.78, 5) is 13.7. The van der Waals surface area contributed by atoms with Crippen LogP contribution in [0.15, 0.2) is 60.9 Å². The largest absolute Gasteiger partial charge is 0.508 e. The Morgan fingerprint density at radius 1 is 0.929 bits per heavy atom. The van der Waals surface area contributed by atoms with E-state index in [2.05, 4.69) is 28.6 Å². The van der Waals surface area contributed by atoms with Crippen molar-refractivity contribution in [3.05, 3.63) is 65.9 Å². The Bertz CT molecular complexity index is 897. The van der Waals surface area contributed by atoms with Crippen molar-refractivity contribution in [2.75, 3.05) is 31.1 Å². The van der Waals surface area contributed by atoms with Crippen molar-refractivity contribution in [2.24, 2.45) is 0 Å². The van der Waals surface area contributed by atoms with Crippen molar-refractivity contribution < 1.29 is 5.11 Å². The second-order valence-corrected chi connectivity index (χ2v) is 6.85. The number of aromatic nitrogens is 2. The number of halogens is 1. The van der Waals surface area contributed by atoms with Gasteiger partial charge < -0.3 is 14.9 Å². The zero-order valence-electron chi connectivity index (χ0n) is 16.2. The van der Waals surface area contributed by atoms with E-state index >= 15 is 0 Å². The van der Waals surface area contributed by atoms with E-state index in [-0.39, 0.29) is 5.75 Å². The fourth-order valence-electron chi connectivity index (χ4n) is 3.07. The molecule has 0 bridgehead atoms. The number of hydrogen-bond donors (Lipinski definition) is 1. The molecule has 1 heterocycles. The molecular formula is C22H25ClN4O. The zero-order chi connectivity index (χ0) is 19.9. The molecule has 0 saturated carbocycles. The van der Waals surface area contributed by atoms with Crippen LogP contribution in [0.5, 0.6) is 5.75 Å². The molecule has 3 aromatic rings. The van der Waals surface area contributed by atoms with Gasteiger partial charge in [-0.1, -0.05) is 37.6 Å². The molecule has 1 aromatic heterocycles. The molecule has 0 fully saturated rings. The summed E-state index contributed by atoms with van der Waals surface area (Å²) in [6, 6.07) is 14.7. The third kappa shape index (κ3) is 4.80. The van der Waals surface area contributed by atoms with Crippen LogP contribution < -0.4 is 4.90 Å². The number of nitrogens with zero attached hydrogens (tertiary/aromatic N) is 4. The number of aromatic hydroxyl groups is 1. The molecule has 0 radical (unpaired) electrons. The maximum absolute atomic E-state index is 9.53. The van der Waals surface area contributed by atoms with Crippen LogP contribution in [0, 0.1) is 0 Å². The fourth-order valence-corrected chi connectivity index (χ4v) is 3.31. The average Bonchev–Trinajstić information content (AvgIpc) is 2.73. The summed E-state index contributed by atoms with van der Waals surface area (Å²) in [5.74, 6) is 0.968. The van der Waals surface area contributed by atoms with E-state index in [0.717, 1.165) is 48.9 Å². The second-order valence-electron chi connectivity index (χ2n) is 6.44. The molecule has 3 rings (SSSR count). The van der Waals surface area contributed by atoms with Gasteiger partial charge in [-0.15, -0.1) is 0 Å². The lowest BCUT2D eigenvalue weighted by molar-refractivity contribution is 0.312. The number of hydrogen-bond acceptors (Lipinski definition) is 5. The molecule has 6 heteroatoms. The Morgan fingerprint density at radius 2 is 1.64 bits per heavy atom. The van der Waals surface area contributed by atoms with Gasteiger partial charge in [0.15, 0.2) is 5.82 Å². The summed E-state index contributed by atoms with van der Waals surface area (Å²) >= 11 is 6.49. The molecule has 146 valence electrons. The Labute approximate surface area is 171 Å². The molecular weight excluding hydrogens is 372 g/mol. The van der Waals surface area contributed by atoms with Gasteiger partial charge in [0, 0.05) is 18.7 Å². The lowest BCUT2D eigenvalue weighted by Crippen LogP contribution is -2.33. The first-order valence-electron chi connectivity index (χ1n) is 9.48. The average molecular weight is 397 g/mol. The van der Waals surface area contributed by atoms with Crippen LogP contribution in [0.25, 0.3) is 11.3 Å². The molecule has 0 aliphatic rings. The lowest BCUT2D eigenvalue weighted by atomic mass is 10.1. The van der Waals surface area contributed by atoms with Crippen molar-refractivity contribution in [2.45, 2.75) is 13.8 Å². The topological polar surface area (TPSA) is 52.5 Å². The van der Waals surface area contributed by atoms with Crippen LogP contribution in [0.2, 0.25) is 5.02 Å². The third-order valence-corrected chi connectivity index (χ3v) is 5.06. The summed E-state index contributed by atoms with van der Waals surface area (Å²) in [6.45, 7) is 7.95. The Morgan fingerprint density at radius 3 is 2.32 bits per heavy atom. The van der Waals surface area contributed by atoms with E-state index in [4.69, 9.17) is 16.6 Å². The van der Waals surface area contributed by atoms with Crippen LogP contribution in [0.3, 0.4) is 0 Å². The normalized spacial score (nSPS) is 11.0. The van der Waals surface area contributed by atoms with Crippen LogP contribution in [-0.2, 0) is 0 Å². The highest BCUT2D eigenvalue weighted by Gasteiger charge is 2.16. The van der Waals surface area contributed by atoms with Crippen molar-refractivity contribution >= 4 is 23.1 Å². The summed E-state index contributed by atoms with van der Waals surface area (Å²) in [5.41, 5.74) is 2.56. The number of anilines is 2. The van der Waals surface area contributed by atoms with E-state index in [1.807, 2.05) is 36.4 Å². The second kappa shape index (κ2) is 9.53. The monoisotopic (exact) mass is 396 g/mol. The quantitative estimate of drug-likeness (QED) is 0.581. The number of phenols is 1. The summed E-state index contributed by atoms with van der Waals surface area (Å²) in [6.07, 6.45) is 3.49. The molecule has 0 saturated heterocycles. The standard InChI is InChI=1S/C22H25ClN4O/c1-3-26(4-2)13-14-27(21-8-6-5-7-19(21)23)22-16-24-15-20(25-22)17-9-11-18(28)12-10-17/h5-12,15-16,28H,3-4,13-14H2,1-2H3. The highest BCUT2D eigenvalue weighted by molar-refractivity contribution is 6.33. The Hall–Kier alpha value is -2.63. The molecule has 28 heavy (non-hydrogen) atoms. The van der Waals surface area contributed by atoms with Crippen LogP contribution in [0.1, 0.15) is 13.8 Å². The molecule has 0 spiro atoms. The highest BCUT2D eigenvalue weighted by Crippen LogP contribution is 2.31. The van der Waals surface area contributed by atoms with Crippen molar-refractivity contribution in [1.29, 1.82) is 0 Å². The van der Waals surface area contributed by atoms with Gasteiger partial charge in [-0.3, -0.25) is 4.98 Å². The van der Waals surface area contributed by atoms with Gasteiger partial charge in [0.2, 0.25) is 0 Å². The van der Waals surface area contributed by atoms with E-state index in [0.29, 0.717) is 5.02 Å². The van der Waals surface area contributed by atoms with Crippen molar-refractivity contribution in [1.82, 2.24) is 14.9 Å². The first-order valence-corrected chi connectivity index (χ1v) is 9.86. The van der Waals surface area contributed by atoms with Crippen LogP contribution in [-0.4, -0.2) is 46.2 Å². The van der Waals surface area contributed by atoms with Gasteiger partial charge >= 0.3 is 0 Å². The van der Waals surface area contributed by atoms with Crippen molar-refractivity contribution in [3.63, 3.8) is 0 Å². The predicted molar refractivity (Wildman–Crippen MR) is 115 cm³/mol. The molecule has 0 amide bonds. The number of likely N-dealkylation sites (N-methyl/N-ethyl adjacent to an activating group) is 1. The van der Waals surface area contributed by atoms with Crippen LogP contribution in [0.4, 0.5) is 11.5 Å². The smallest absolute Gasteiger partial charge is 0.152 e. The first-order chi connectivity index (χ1) is 13.6. The maximum Gasteiger partial charge on any atom is 0.152 e. The van der Waals surface area contributed by atoms with Gasteiger partial charge in [-0.25, -0.2) is 4.98 Å². The Kier molecular flexibility index (Phi) is 6.85. The van der Waals surface area contributed by atoms with E-state index in [1.54, 1.807) is 24.5 Å². The minimum Gasteiger partial charge on any atom is -0.508 e. The highest BCUT2D eigenvalue weighted by atomic mass is 35.5. The summed E-state index contributed by atoms with van der Waals surface area (Å²) < 4.78 is 0. The molecule has 0 unspecified atom stereocenters. The Balaban J connectivity index is 1.96. The number of benzene rings is 2. The van der Waals surface area contributed by atoms with Gasteiger partial charge in [0.25, 0.3) is 0 Å². The zero-order valence-corrected chi connectivity index (χ0v) is 17.0.